The molecule has 148 valence electrons. The summed E-state index contributed by atoms with van der Waals surface area (Å²) in [5.74, 6) is 0.554. The number of nitrogens with zero attached hydrogens (tertiary/aromatic N) is 2. The highest BCUT2D eigenvalue weighted by Gasteiger charge is 2.25. The third kappa shape index (κ3) is 4.03. The van der Waals surface area contributed by atoms with Crippen molar-refractivity contribution in [2.45, 2.75) is 12.6 Å². The Balaban J connectivity index is 1.31. The number of thiazole rings is 1. The van der Waals surface area contributed by atoms with E-state index in [1.165, 1.54) is 5.56 Å². The van der Waals surface area contributed by atoms with Crippen LogP contribution in [0.2, 0.25) is 0 Å². The van der Waals surface area contributed by atoms with Gasteiger partial charge >= 0.3 is 0 Å². The molecule has 3 heterocycles. The van der Waals surface area contributed by atoms with Crippen molar-refractivity contribution in [3.63, 3.8) is 0 Å². The number of hydrogen-bond acceptors (Lipinski definition) is 6. The number of hydrogen-bond donors (Lipinski definition) is 1. The van der Waals surface area contributed by atoms with Gasteiger partial charge in [-0.25, -0.2) is 4.98 Å². The highest BCUT2D eigenvalue weighted by molar-refractivity contribution is 7.10. The van der Waals surface area contributed by atoms with Gasteiger partial charge < -0.3 is 14.8 Å². The molecule has 0 bridgehead atoms. The summed E-state index contributed by atoms with van der Waals surface area (Å²) in [5, 5.41) is 5.88. The number of aromatic nitrogens is 1. The fourth-order valence-electron chi connectivity index (χ4n) is 3.65. The van der Waals surface area contributed by atoms with E-state index in [0.717, 1.165) is 35.9 Å². The molecule has 1 amide bonds. The van der Waals surface area contributed by atoms with E-state index >= 15 is 0 Å². The maximum absolute atomic E-state index is 11.6. The molecule has 3 aromatic rings. The summed E-state index contributed by atoms with van der Waals surface area (Å²) in [4.78, 5) is 18.8. The van der Waals surface area contributed by atoms with Crippen LogP contribution in [0.25, 0.3) is 11.3 Å². The Labute approximate surface area is 173 Å². The van der Waals surface area contributed by atoms with E-state index in [2.05, 4.69) is 34.5 Å². The molecule has 0 radical (unpaired) electrons. The van der Waals surface area contributed by atoms with E-state index in [-0.39, 0.29) is 18.6 Å². The fourth-order valence-corrected chi connectivity index (χ4v) is 4.51. The molecule has 1 aromatic heterocycles. The second-order valence-corrected chi connectivity index (χ2v) is 8.09. The van der Waals surface area contributed by atoms with E-state index in [0.29, 0.717) is 18.0 Å². The lowest BCUT2D eigenvalue weighted by Gasteiger charge is -2.32. The lowest BCUT2D eigenvalue weighted by molar-refractivity contribution is -0.118. The van der Waals surface area contributed by atoms with Crippen molar-refractivity contribution in [2.75, 3.05) is 31.6 Å². The van der Waals surface area contributed by atoms with Crippen LogP contribution in [-0.2, 0) is 16.1 Å². The Hall–Kier alpha value is -2.74. The van der Waals surface area contributed by atoms with Crippen molar-refractivity contribution in [1.29, 1.82) is 0 Å². The van der Waals surface area contributed by atoms with Crippen LogP contribution in [-0.4, -0.2) is 42.1 Å². The maximum atomic E-state index is 11.6. The van der Waals surface area contributed by atoms with Crippen LogP contribution in [0.15, 0.2) is 53.9 Å². The molecule has 2 aromatic carbocycles. The highest BCUT2D eigenvalue weighted by Crippen LogP contribution is 2.34. The van der Waals surface area contributed by atoms with Crippen molar-refractivity contribution in [1.82, 2.24) is 9.88 Å². The van der Waals surface area contributed by atoms with Gasteiger partial charge in [-0.3, -0.25) is 9.69 Å². The highest BCUT2D eigenvalue weighted by atomic mass is 32.1. The number of carbonyl (C=O) groups excluding carboxylic acids is 1. The lowest BCUT2D eigenvalue weighted by Crippen LogP contribution is -2.37. The molecule has 1 saturated heterocycles. The minimum atomic E-state index is -0.136. The van der Waals surface area contributed by atoms with Crippen molar-refractivity contribution in [3.05, 3.63) is 64.5 Å². The van der Waals surface area contributed by atoms with E-state index in [9.17, 15) is 4.79 Å². The van der Waals surface area contributed by atoms with Crippen LogP contribution in [0.5, 0.6) is 5.75 Å². The number of amides is 1. The predicted molar refractivity (Wildman–Crippen MR) is 112 cm³/mol. The van der Waals surface area contributed by atoms with Crippen molar-refractivity contribution in [3.8, 4) is 17.0 Å². The zero-order valence-corrected chi connectivity index (χ0v) is 16.7. The molecule has 29 heavy (non-hydrogen) atoms. The van der Waals surface area contributed by atoms with E-state index in [4.69, 9.17) is 14.5 Å². The molecular weight excluding hydrogens is 386 g/mol. The molecule has 0 spiro atoms. The number of carbonyl (C=O) groups is 1. The second-order valence-electron chi connectivity index (χ2n) is 7.20. The van der Waals surface area contributed by atoms with Crippen LogP contribution >= 0.6 is 11.3 Å². The van der Waals surface area contributed by atoms with Gasteiger partial charge in [0.05, 0.1) is 18.0 Å². The van der Waals surface area contributed by atoms with Crippen LogP contribution < -0.4 is 10.1 Å². The summed E-state index contributed by atoms with van der Waals surface area (Å²) >= 11 is 1.62. The molecule has 2 aliphatic heterocycles. The van der Waals surface area contributed by atoms with Gasteiger partial charge in [0, 0.05) is 30.6 Å². The van der Waals surface area contributed by atoms with Gasteiger partial charge in [-0.2, -0.15) is 0 Å². The lowest BCUT2D eigenvalue weighted by atomic mass is 10.1. The maximum Gasteiger partial charge on any atom is 0.262 e. The number of anilines is 1. The number of rotatable bonds is 4. The van der Waals surface area contributed by atoms with Crippen molar-refractivity contribution in [2.24, 2.45) is 0 Å². The van der Waals surface area contributed by atoms with Gasteiger partial charge in [-0.15, -0.1) is 11.3 Å². The van der Waals surface area contributed by atoms with Crippen molar-refractivity contribution >= 4 is 22.9 Å². The average molecular weight is 407 g/mol. The molecule has 0 aliphatic carbocycles. The largest absolute Gasteiger partial charge is 0.482 e. The molecule has 1 fully saturated rings. The molecule has 0 saturated carbocycles. The van der Waals surface area contributed by atoms with Gasteiger partial charge in [-0.05, 0) is 23.8 Å². The van der Waals surface area contributed by atoms with Gasteiger partial charge in [0.25, 0.3) is 5.91 Å². The average Bonchev–Trinajstić information content (AvgIpc) is 3.24. The summed E-state index contributed by atoms with van der Waals surface area (Å²) in [7, 11) is 0. The predicted octanol–water partition coefficient (Wildman–Crippen LogP) is 3.71. The number of ether oxygens (including phenoxy) is 2. The third-order valence-electron chi connectivity index (χ3n) is 5.11. The van der Waals surface area contributed by atoms with E-state index in [1.54, 1.807) is 11.3 Å². The standard InChI is InChI=1S/C22H21N3O3S/c26-21-13-28-19-7-6-16(10-17(19)23-21)18-14-29-22(24-18)20-12-25(8-9-27-20)11-15-4-2-1-3-5-15/h1-7,10,14,20H,8-9,11-13H2,(H,23,26). The Morgan fingerprint density at radius 2 is 2.10 bits per heavy atom. The molecule has 7 heteroatoms. The second kappa shape index (κ2) is 7.94. The minimum absolute atomic E-state index is 0.0214. The minimum Gasteiger partial charge on any atom is -0.482 e. The number of nitrogens with one attached hydrogen (secondary N) is 1. The summed E-state index contributed by atoms with van der Waals surface area (Å²) in [6.07, 6.45) is -0.0214. The summed E-state index contributed by atoms with van der Waals surface area (Å²) in [5.41, 5.74) is 3.84. The summed E-state index contributed by atoms with van der Waals surface area (Å²) < 4.78 is 11.4. The molecule has 5 rings (SSSR count). The normalized spacial score (nSPS) is 19.3. The smallest absolute Gasteiger partial charge is 0.262 e. The van der Waals surface area contributed by atoms with E-state index < -0.39 is 0 Å². The monoisotopic (exact) mass is 407 g/mol. The van der Waals surface area contributed by atoms with Crippen LogP contribution in [0.3, 0.4) is 0 Å². The first-order valence-corrected chi connectivity index (χ1v) is 10.5. The van der Waals surface area contributed by atoms with Crippen LogP contribution in [0, 0.1) is 0 Å². The molecule has 1 atom stereocenters. The van der Waals surface area contributed by atoms with Crippen molar-refractivity contribution < 1.29 is 14.3 Å². The Morgan fingerprint density at radius 1 is 1.21 bits per heavy atom. The first-order chi connectivity index (χ1) is 14.2. The first kappa shape index (κ1) is 18.3. The Bertz CT molecular complexity index is 1020. The zero-order valence-electron chi connectivity index (χ0n) is 15.8. The van der Waals surface area contributed by atoms with Gasteiger partial charge in [-0.1, -0.05) is 30.3 Å². The quantitative estimate of drug-likeness (QED) is 0.714. The topological polar surface area (TPSA) is 63.7 Å². The fraction of sp³-hybridized carbons (Fsp3) is 0.273. The summed E-state index contributed by atoms with van der Waals surface area (Å²) in [6, 6.07) is 16.3. The van der Waals surface area contributed by atoms with Crippen LogP contribution in [0.1, 0.15) is 16.7 Å². The first-order valence-electron chi connectivity index (χ1n) is 9.65. The summed E-state index contributed by atoms with van der Waals surface area (Å²) in [6.45, 7) is 3.44. The van der Waals surface area contributed by atoms with Crippen LogP contribution in [0.4, 0.5) is 5.69 Å². The molecular formula is C22H21N3O3S. The molecule has 2 aliphatic rings. The SMILES string of the molecule is O=C1COc2ccc(-c3csc(C4CN(Cc5ccccc5)CCO4)n3)cc2N1. The molecule has 1 unspecified atom stereocenters. The third-order valence-corrected chi connectivity index (χ3v) is 6.04. The Kier molecular flexibility index (Phi) is 5.01. The molecule has 1 N–H and O–H groups in total. The zero-order chi connectivity index (χ0) is 19.6. The number of benzene rings is 2. The van der Waals surface area contributed by atoms with Gasteiger partial charge in [0.2, 0.25) is 0 Å². The van der Waals surface area contributed by atoms with Gasteiger partial charge in [0.1, 0.15) is 16.9 Å². The number of fused-ring (bicyclic) bond motifs is 1. The number of morpholine rings is 1. The van der Waals surface area contributed by atoms with E-state index in [1.807, 2.05) is 29.6 Å². The molecule has 6 nitrogen and oxygen atoms in total. The van der Waals surface area contributed by atoms with Gasteiger partial charge in [0.15, 0.2) is 6.61 Å². The Morgan fingerprint density at radius 3 is 3.00 bits per heavy atom.